The van der Waals surface area contributed by atoms with Gasteiger partial charge in [-0.15, -0.1) is 0 Å². The zero-order valence-corrected chi connectivity index (χ0v) is 16.7. The molecule has 6 fully saturated rings. The van der Waals surface area contributed by atoms with Crippen LogP contribution in [0, 0.1) is 59.2 Å². The van der Waals surface area contributed by atoms with E-state index in [0.717, 1.165) is 61.2 Å². The molecular formula is C22H30CuO4. The van der Waals surface area contributed by atoms with Gasteiger partial charge >= 0.3 is 17.1 Å². The Hall–Kier alpha value is -0.541. The number of aliphatic carboxylic acids is 2. The summed E-state index contributed by atoms with van der Waals surface area (Å²) < 4.78 is 0. The number of hydrogen-bond acceptors (Lipinski definition) is 4. The van der Waals surface area contributed by atoms with Crippen molar-refractivity contribution in [3.63, 3.8) is 0 Å². The van der Waals surface area contributed by atoms with Crippen LogP contribution in [0.4, 0.5) is 0 Å². The van der Waals surface area contributed by atoms with E-state index in [9.17, 15) is 19.8 Å². The van der Waals surface area contributed by atoms with Crippen molar-refractivity contribution in [2.24, 2.45) is 59.2 Å². The summed E-state index contributed by atoms with van der Waals surface area (Å²) in [5, 5.41) is 21.8. The molecule has 0 aliphatic heterocycles. The maximum atomic E-state index is 10.9. The van der Waals surface area contributed by atoms with Crippen LogP contribution < -0.4 is 10.2 Å². The first-order valence-corrected chi connectivity index (χ1v) is 11.0. The summed E-state index contributed by atoms with van der Waals surface area (Å²) in [5.41, 5.74) is 0. The zero-order chi connectivity index (χ0) is 18.0. The molecule has 0 aromatic heterocycles. The third kappa shape index (κ3) is 3.08. The van der Waals surface area contributed by atoms with E-state index in [0.29, 0.717) is 11.8 Å². The van der Waals surface area contributed by atoms with Gasteiger partial charge in [-0.3, -0.25) is 0 Å². The van der Waals surface area contributed by atoms with Crippen molar-refractivity contribution >= 4 is 11.9 Å². The number of carbonyl (C=O) groups excluding carboxylic acids is 2. The number of carbonyl (C=O) groups is 2. The minimum Gasteiger partial charge on any atom is -0.550 e. The van der Waals surface area contributed by atoms with Crippen molar-refractivity contribution in [3.8, 4) is 0 Å². The van der Waals surface area contributed by atoms with E-state index in [1.807, 2.05) is 0 Å². The Kier molecular flexibility index (Phi) is 5.39. The first kappa shape index (κ1) is 19.8. The molecule has 153 valence electrons. The van der Waals surface area contributed by atoms with E-state index in [-0.39, 0.29) is 28.9 Å². The van der Waals surface area contributed by atoms with Crippen molar-refractivity contribution in [2.45, 2.75) is 64.2 Å². The summed E-state index contributed by atoms with van der Waals surface area (Å²) in [6, 6.07) is 0. The van der Waals surface area contributed by atoms with Gasteiger partial charge in [0.25, 0.3) is 0 Å². The number of rotatable bonds is 2. The summed E-state index contributed by atoms with van der Waals surface area (Å²) in [5.74, 6) is 3.98. The molecule has 10 atom stereocenters. The maximum Gasteiger partial charge on any atom is 2.00 e. The smallest absolute Gasteiger partial charge is 0.550 e. The van der Waals surface area contributed by atoms with Crippen LogP contribution in [0.25, 0.3) is 0 Å². The van der Waals surface area contributed by atoms with Gasteiger partial charge in [0.05, 0.1) is 0 Å². The van der Waals surface area contributed by atoms with Crippen LogP contribution >= 0.6 is 0 Å². The molecule has 6 saturated carbocycles. The topological polar surface area (TPSA) is 80.3 Å². The predicted molar refractivity (Wildman–Crippen MR) is 91.1 cm³/mol. The molecule has 10 unspecified atom stereocenters. The molecule has 4 nitrogen and oxygen atoms in total. The van der Waals surface area contributed by atoms with E-state index in [1.165, 1.54) is 38.5 Å². The van der Waals surface area contributed by atoms with Gasteiger partial charge in [0, 0.05) is 23.8 Å². The molecule has 0 N–H and O–H groups in total. The summed E-state index contributed by atoms with van der Waals surface area (Å²) in [6.07, 6.45) is 12.0. The van der Waals surface area contributed by atoms with E-state index < -0.39 is 11.9 Å². The molecule has 4 bridgehead atoms. The largest absolute Gasteiger partial charge is 2.00 e. The molecule has 5 heteroatoms. The number of hydrogen-bond donors (Lipinski definition) is 0. The summed E-state index contributed by atoms with van der Waals surface area (Å²) in [4.78, 5) is 21.8. The van der Waals surface area contributed by atoms with Crippen LogP contribution in [0.1, 0.15) is 64.2 Å². The average Bonchev–Trinajstić information content (AvgIpc) is 3.44. The summed E-state index contributed by atoms with van der Waals surface area (Å²) in [6.45, 7) is 0. The van der Waals surface area contributed by atoms with E-state index in [1.54, 1.807) is 0 Å². The Balaban J connectivity index is 0.000000129. The maximum absolute atomic E-state index is 10.9. The van der Waals surface area contributed by atoms with Gasteiger partial charge in [-0.2, -0.15) is 0 Å². The first-order chi connectivity index (χ1) is 12.5. The SMILES string of the molecule is O=C([O-])C1CCC2C3CCC(C3)C12.O=C([O-])C1CCC2C3CCC(C3)C12.[Cu+2]. The Labute approximate surface area is 172 Å². The molecular weight excluding hydrogens is 392 g/mol. The first-order valence-electron chi connectivity index (χ1n) is 11.0. The number of fused-ring (bicyclic) bond motifs is 10. The van der Waals surface area contributed by atoms with Crippen LogP contribution in [-0.2, 0) is 26.7 Å². The Morgan fingerprint density at radius 2 is 0.926 bits per heavy atom. The fourth-order valence-corrected chi connectivity index (χ4v) is 8.70. The van der Waals surface area contributed by atoms with Crippen LogP contribution in [0.15, 0.2) is 0 Å². The van der Waals surface area contributed by atoms with E-state index in [4.69, 9.17) is 0 Å². The summed E-state index contributed by atoms with van der Waals surface area (Å²) >= 11 is 0. The fraction of sp³-hybridized carbons (Fsp3) is 0.909. The monoisotopic (exact) mass is 421 g/mol. The van der Waals surface area contributed by atoms with Gasteiger partial charge in [-0.25, -0.2) is 0 Å². The zero-order valence-electron chi connectivity index (χ0n) is 15.8. The molecule has 0 saturated heterocycles. The van der Waals surface area contributed by atoms with Crippen LogP contribution in [0.3, 0.4) is 0 Å². The normalized spacial score (nSPS) is 50.5. The molecule has 1 radical (unpaired) electrons. The van der Waals surface area contributed by atoms with Gasteiger partial charge in [-0.1, -0.05) is 0 Å². The van der Waals surface area contributed by atoms with Gasteiger partial charge in [0.15, 0.2) is 0 Å². The number of carboxylic acids is 2. The molecule has 0 aromatic carbocycles. The minimum absolute atomic E-state index is 0. The van der Waals surface area contributed by atoms with E-state index >= 15 is 0 Å². The fourth-order valence-electron chi connectivity index (χ4n) is 8.70. The molecule has 0 amide bonds. The van der Waals surface area contributed by atoms with Gasteiger partial charge in [-0.05, 0) is 112 Å². The van der Waals surface area contributed by atoms with Gasteiger partial charge in [0.1, 0.15) is 0 Å². The van der Waals surface area contributed by atoms with Crippen molar-refractivity contribution in [2.75, 3.05) is 0 Å². The number of carboxylic acid groups (broad SMARTS) is 2. The quantitative estimate of drug-likeness (QED) is 0.634. The molecule has 0 heterocycles. The Morgan fingerprint density at radius 3 is 1.30 bits per heavy atom. The third-order valence-corrected chi connectivity index (χ3v) is 9.47. The van der Waals surface area contributed by atoms with Crippen LogP contribution in [0.2, 0.25) is 0 Å². The summed E-state index contributed by atoms with van der Waals surface area (Å²) in [7, 11) is 0. The molecule has 6 rings (SSSR count). The van der Waals surface area contributed by atoms with Crippen LogP contribution in [-0.4, -0.2) is 11.9 Å². The minimum atomic E-state index is -0.778. The van der Waals surface area contributed by atoms with Gasteiger partial charge in [0.2, 0.25) is 0 Å². The Bertz CT molecular complexity index is 555. The van der Waals surface area contributed by atoms with Crippen molar-refractivity contribution in [1.82, 2.24) is 0 Å². The van der Waals surface area contributed by atoms with Gasteiger partial charge < -0.3 is 19.8 Å². The van der Waals surface area contributed by atoms with Crippen LogP contribution in [0.5, 0.6) is 0 Å². The second-order valence-corrected chi connectivity index (χ2v) is 10.2. The van der Waals surface area contributed by atoms with Crippen molar-refractivity contribution in [1.29, 1.82) is 0 Å². The standard InChI is InChI=1S/2C11H16O2.Cu/c2*12-11(13)9-4-3-8-6-1-2-7(5-6)10(8)9;/h2*6-10H,1-5H2,(H,12,13);/q;;+2/p-2. The molecule has 6 aliphatic rings. The Morgan fingerprint density at radius 1 is 0.556 bits per heavy atom. The molecule has 0 spiro atoms. The second kappa shape index (κ2) is 7.37. The third-order valence-electron chi connectivity index (χ3n) is 9.47. The molecule has 0 aromatic rings. The second-order valence-electron chi connectivity index (χ2n) is 10.2. The van der Waals surface area contributed by atoms with Crippen molar-refractivity contribution in [3.05, 3.63) is 0 Å². The predicted octanol–water partition coefficient (Wildman–Crippen LogP) is 1.61. The van der Waals surface area contributed by atoms with E-state index in [2.05, 4.69) is 0 Å². The molecule has 27 heavy (non-hydrogen) atoms. The molecule has 6 aliphatic carbocycles. The average molecular weight is 422 g/mol. The van der Waals surface area contributed by atoms with Crippen molar-refractivity contribution < 1.29 is 36.9 Å².